The molecule has 0 bridgehead atoms. The molecule has 1 aromatic rings. The van der Waals surface area contributed by atoms with Gasteiger partial charge < -0.3 is 9.47 Å². The van der Waals surface area contributed by atoms with E-state index in [0.29, 0.717) is 13.0 Å². The smallest absolute Gasteiger partial charge is 0.169 e. The summed E-state index contributed by atoms with van der Waals surface area (Å²) in [4.78, 5) is 11.4. The lowest BCUT2D eigenvalue weighted by Crippen LogP contribution is -2.52. The normalized spacial score (nSPS) is 25.7. The van der Waals surface area contributed by atoms with Gasteiger partial charge in [0.1, 0.15) is 11.9 Å². The van der Waals surface area contributed by atoms with E-state index in [-0.39, 0.29) is 18.0 Å². The molecule has 0 aromatic heterocycles. The molecule has 1 fully saturated rings. The van der Waals surface area contributed by atoms with Gasteiger partial charge in [-0.3, -0.25) is 4.79 Å². The van der Waals surface area contributed by atoms with E-state index in [1.165, 1.54) is 24.0 Å². The fourth-order valence-corrected chi connectivity index (χ4v) is 2.75. The SMILES string of the molecule is CCOC1C(=O)CC1Oc1ccc2c(c1)CCC2. The average molecular weight is 246 g/mol. The second kappa shape index (κ2) is 4.73. The van der Waals surface area contributed by atoms with Crippen molar-refractivity contribution < 1.29 is 14.3 Å². The molecule has 2 aliphatic rings. The van der Waals surface area contributed by atoms with Crippen molar-refractivity contribution in [3.05, 3.63) is 29.3 Å². The van der Waals surface area contributed by atoms with Crippen LogP contribution < -0.4 is 4.74 Å². The second-order valence-electron chi connectivity index (χ2n) is 4.99. The maximum absolute atomic E-state index is 11.4. The Kier molecular flexibility index (Phi) is 3.08. The molecule has 0 spiro atoms. The molecule has 3 nitrogen and oxygen atoms in total. The fraction of sp³-hybridized carbons (Fsp3) is 0.533. The van der Waals surface area contributed by atoms with Crippen molar-refractivity contribution in [2.45, 2.75) is 44.8 Å². The third-order valence-corrected chi connectivity index (χ3v) is 3.76. The topological polar surface area (TPSA) is 35.5 Å². The zero-order valence-corrected chi connectivity index (χ0v) is 10.6. The maximum atomic E-state index is 11.4. The van der Waals surface area contributed by atoms with Gasteiger partial charge in [-0.25, -0.2) is 0 Å². The van der Waals surface area contributed by atoms with Crippen LogP contribution in [-0.2, 0) is 22.4 Å². The van der Waals surface area contributed by atoms with Crippen LogP contribution in [0.4, 0.5) is 0 Å². The van der Waals surface area contributed by atoms with Gasteiger partial charge in [-0.1, -0.05) is 6.07 Å². The molecule has 0 heterocycles. The molecule has 3 rings (SSSR count). The quantitative estimate of drug-likeness (QED) is 0.817. The first-order valence-electron chi connectivity index (χ1n) is 6.70. The molecular formula is C15H18O3. The van der Waals surface area contributed by atoms with E-state index in [0.717, 1.165) is 12.2 Å². The Labute approximate surface area is 107 Å². The number of ether oxygens (including phenoxy) is 2. The molecule has 0 N–H and O–H groups in total. The van der Waals surface area contributed by atoms with Gasteiger partial charge in [0.15, 0.2) is 11.9 Å². The summed E-state index contributed by atoms with van der Waals surface area (Å²) in [7, 11) is 0. The number of rotatable bonds is 4. The Morgan fingerprint density at radius 1 is 1.28 bits per heavy atom. The zero-order valence-electron chi connectivity index (χ0n) is 10.6. The van der Waals surface area contributed by atoms with Crippen molar-refractivity contribution in [3.63, 3.8) is 0 Å². The Morgan fingerprint density at radius 3 is 2.89 bits per heavy atom. The van der Waals surface area contributed by atoms with Crippen LogP contribution in [-0.4, -0.2) is 24.6 Å². The summed E-state index contributed by atoms with van der Waals surface area (Å²) >= 11 is 0. The van der Waals surface area contributed by atoms with Crippen molar-refractivity contribution in [1.82, 2.24) is 0 Å². The molecular weight excluding hydrogens is 228 g/mol. The van der Waals surface area contributed by atoms with Crippen LogP contribution in [0.3, 0.4) is 0 Å². The standard InChI is InChI=1S/C15H18O3/c1-2-17-15-13(16)9-14(15)18-12-7-6-10-4-3-5-11(10)8-12/h6-8,14-15H,2-5,9H2,1H3. The van der Waals surface area contributed by atoms with Crippen molar-refractivity contribution in [2.75, 3.05) is 6.61 Å². The largest absolute Gasteiger partial charge is 0.487 e. The average Bonchev–Trinajstić information content (AvgIpc) is 2.83. The van der Waals surface area contributed by atoms with E-state index in [9.17, 15) is 4.79 Å². The van der Waals surface area contributed by atoms with Gasteiger partial charge in [0.25, 0.3) is 0 Å². The van der Waals surface area contributed by atoms with Crippen LogP contribution in [0.25, 0.3) is 0 Å². The summed E-state index contributed by atoms with van der Waals surface area (Å²) < 4.78 is 11.3. The van der Waals surface area contributed by atoms with E-state index >= 15 is 0 Å². The molecule has 2 unspecified atom stereocenters. The number of ketones is 1. The molecule has 1 saturated carbocycles. The predicted molar refractivity (Wildman–Crippen MR) is 67.9 cm³/mol. The van der Waals surface area contributed by atoms with Crippen molar-refractivity contribution in [3.8, 4) is 5.75 Å². The Balaban J connectivity index is 1.68. The maximum Gasteiger partial charge on any atom is 0.169 e. The van der Waals surface area contributed by atoms with E-state index in [1.54, 1.807) is 0 Å². The summed E-state index contributed by atoms with van der Waals surface area (Å²) in [6, 6.07) is 6.28. The lowest BCUT2D eigenvalue weighted by Gasteiger charge is -2.34. The molecule has 18 heavy (non-hydrogen) atoms. The van der Waals surface area contributed by atoms with Crippen LogP contribution in [0.2, 0.25) is 0 Å². The molecule has 2 aliphatic carbocycles. The van der Waals surface area contributed by atoms with Gasteiger partial charge in [-0.05, 0) is 49.4 Å². The van der Waals surface area contributed by atoms with Gasteiger partial charge in [0, 0.05) is 13.0 Å². The first-order chi connectivity index (χ1) is 8.78. The fourth-order valence-electron chi connectivity index (χ4n) is 2.75. The van der Waals surface area contributed by atoms with Gasteiger partial charge >= 0.3 is 0 Å². The lowest BCUT2D eigenvalue weighted by molar-refractivity contribution is -0.154. The van der Waals surface area contributed by atoms with Crippen LogP contribution >= 0.6 is 0 Å². The van der Waals surface area contributed by atoms with Crippen molar-refractivity contribution >= 4 is 5.78 Å². The molecule has 0 radical (unpaired) electrons. The second-order valence-corrected chi connectivity index (χ2v) is 4.99. The number of Topliss-reactive ketones (excluding diaryl/α,β-unsaturated/α-hetero) is 1. The third-order valence-electron chi connectivity index (χ3n) is 3.76. The Bertz CT molecular complexity index is 467. The van der Waals surface area contributed by atoms with Gasteiger partial charge in [0.05, 0.1) is 0 Å². The third kappa shape index (κ3) is 2.03. The number of benzene rings is 1. The van der Waals surface area contributed by atoms with Crippen molar-refractivity contribution in [2.24, 2.45) is 0 Å². The highest BCUT2D eigenvalue weighted by molar-refractivity contribution is 5.90. The van der Waals surface area contributed by atoms with Crippen molar-refractivity contribution in [1.29, 1.82) is 0 Å². The summed E-state index contributed by atoms with van der Waals surface area (Å²) in [5.74, 6) is 1.03. The summed E-state index contributed by atoms with van der Waals surface area (Å²) in [5, 5.41) is 0. The number of hydrogen-bond donors (Lipinski definition) is 0. The van der Waals surface area contributed by atoms with Crippen LogP contribution in [0.5, 0.6) is 5.75 Å². The van der Waals surface area contributed by atoms with Crippen LogP contribution in [0.1, 0.15) is 30.9 Å². The molecule has 1 aromatic carbocycles. The van der Waals surface area contributed by atoms with Gasteiger partial charge in [-0.2, -0.15) is 0 Å². The molecule has 2 atom stereocenters. The Hall–Kier alpha value is -1.35. The van der Waals surface area contributed by atoms with E-state index in [2.05, 4.69) is 12.1 Å². The molecule has 0 aliphatic heterocycles. The zero-order chi connectivity index (χ0) is 12.5. The number of carbonyl (C=O) groups is 1. The molecule has 3 heteroatoms. The number of aryl methyl sites for hydroxylation is 2. The summed E-state index contributed by atoms with van der Waals surface area (Å²) in [6.07, 6.45) is 3.58. The minimum atomic E-state index is -0.358. The van der Waals surface area contributed by atoms with Gasteiger partial charge in [0.2, 0.25) is 0 Å². The first kappa shape index (κ1) is 11.7. The summed E-state index contributed by atoms with van der Waals surface area (Å²) in [6.45, 7) is 2.46. The number of hydrogen-bond acceptors (Lipinski definition) is 3. The van der Waals surface area contributed by atoms with E-state index in [4.69, 9.17) is 9.47 Å². The monoisotopic (exact) mass is 246 g/mol. The number of carbonyl (C=O) groups excluding carboxylic acids is 1. The minimum Gasteiger partial charge on any atom is -0.487 e. The molecule has 0 saturated heterocycles. The highest BCUT2D eigenvalue weighted by Gasteiger charge is 2.42. The first-order valence-corrected chi connectivity index (χ1v) is 6.70. The molecule has 96 valence electrons. The lowest BCUT2D eigenvalue weighted by atomic mass is 9.90. The minimum absolute atomic E-state index is 0.100. The molecule has 0 amide bonds. The van der Waals surface area contributed by atoms with E-state index < -0.39 is 0 Å². The number of fused-ring (bicyclic) bond motifs is 1. The van der Waals surface area contributed by atoms with Crippen LogP contribution in [0.15, 0.2) is 18.2 Å². The highest BCUT2D eigenvalue weighted by atomic mass is 16.5. The highest BCUT2D eigenvalue weighted by Crippen LogP contribution is 2.30. The predicted octanol–water partition coefficient (Wildman–Crippen LogP) is 2.30. The summed E-state index contributed by atoms with van der Waals surface area (Å²) in [5.41, 5.74) is 2.83. The van der Waals surface area contributed by atoms with E-state index in [1.807, 2.05) is 13.0 Å². The van der Waals surface area contributed by atoms with Crippen LogP contribution in [0, 0.1) is 0 Å². The Morgan fingerprint density at radius 2 is 2.11 bits per heavy atom. The van der Waals surface area contributed by atoms with Gasteiger partial charge in [-0.15, -0.1) is 0 Å².